The molecule has 0 aromatic rings. The van der Waals surface area contributed by atoms with Gasteiger partial charge in [-0.2, -0.15) is 0 Å². The van der Waals surface area contributed by atoms with Gasteiger partial charge in [-0.05, 0) is 6.92 Å². The van der Waals surface area contributed by atoms with Crippen LogP contribution >= 0.6 is 0 Å². The zero-order valence-corrected chi connectivity index (χ0v) is 9.93. The van der Waals surface area contributed by atoms with Crippen molar-refractivity contribution in [2.75, 3.05) is 7.05 Å². The Kier molecular flexibility index (Phi) is 15.6. The summed E-state index contributed by atoms with van der Waals surface area (Å²) in [5.41, 5.74) is 0. The molecule has 1 amide bonds. The molecule has 57 valence electrons. The van der Waals surface area contributed by atoms with E-state index in [0.717, 1.165) is 0 Å². The zero-order valence-electron chi connectivity index (χ0n) is 7.09. The third-order valence-electron chi connectivity index (χ3n) is 0.869. The smallest absolute Gasteiger partial charge is 0.223 e. The van der Waals surface area contributed by atoms with E-state index in [-0.39, 0.29) is 46.0 Å². The summed E-state index contributed by atoms with van der Waals surface area (Å²) < 4.78 is 0. The molecule has 0 aromatic heterocycles. The molecule has 0 rings (SSSR count). The van der Waals surface area contributed by atoms with E-state index in [9.17, 15) is 4.79 Å². The number of amides is 1. The second-order valence-corrected chi connectivity index (χ2v) is 1.61. The van der Waals surface area contributed by atoms with Crippen LogP contribution in [-0.2, 0) is 37.5 Å². The van der Waals surface area contributed by atoms with E-state index >= 15 is 0 Å². The second-order valence-electron chi connectivity index (χ2n) is 1.61. The Balaban J connectivity index is -0.000000245. The van der Waals surface area contributed by atoms with E-state index in [1.54, 1.807) is 13.2 Å². The van der Waals surface area contributed by atoms with E-state index in [4.69, 9.17) is 0 Å². The average molecular weight is 217 g/mol. The molecule has 0 aliphatic heterocycles. The molecule has 10 heavy (non-hydrogen) atoms. The van der Waals surface area contributed by atoms with Crippen molar-refractivity contribution in [3.05, 3.63) is 19.7 Å². The van der Waals surface area contributed by atoms with E-state index < -0.39 is 0 Å². The number of carbonyl (C=O) groups is 1. The third kappa shape index (κ3) is 8.31. The van der Waals surface area contributed by atoms with Crippen LogP contribution in [0.15, 0.2) is 12.3 Å². The van der Waals surface area contributed by atoms with Crippen molar-refractivity contribution in [3.63, 3.8) is 0 Å². The molecule has 0 spiro atoms. The van der Waals surface area contributed by atoms with E-state index in [0.29, 0.717) is 0 Å². The van der Waals surface area contributed by atoms with Crippen molar-refractivity contribution in [2.24, 2.45) is 0 Å². The first-order chi connectivity index (χ1) is 3.68. The number of hydrogen-bond donors (Lipinski definition) is 0. The van der Waals surface area contributed by atoms with Crippen molar-refractivity contribution in [2.45, 2.75) is 13.8 Å². The molecule has 0 fully saturated rings. The number of nitrogens with zero attached hydrogens (tertiary/aromatic N) is 1. The maximum atomic E-state index is 10.4. The Labute approximate surface area is 88.6 Å². The summed E-state index contributed by atoms with van der Waals surface area (Å²) in [6.07, 6.45) is 3.55. The van der Waals surface area contributed by atoms with Crippen LogP contribution in [0.5, 0.6) is 0 Å². The first-order valence-corrected chi connectivity index (χ1v) is 2.54. The van der Waals surface area contributed by atoms with Crippen LogP contribution in [-0.4, -0.2) is 17.9 Å². The molecule has 0 aliphatic carbocycles. The van der Waals surface area contributed by atoms with Gasteiger partial charge in [0, 0.05) is 52.9 Å². The molecule has 3 heteroatoms. The molecule has 0 saturated carbocycles. The molecular weight excluding hydrogens is 203 g/mol. The van der Waals surface area contributed by atoms with Gasteiger partial charge in [0.1, 0.15) is 0 Å². The standard InChI is InChI=1S/C6H11NO.CH3.Y/c1-4-5-7(3)6(2)8;;/h4-5H,1-3H3;1H3;/q;-1;/b5-4-;;. The van der Waals surface area contributed by atoms with E-state index in [2.05, 4.69) is 0 Å². The molecule has 0 aliphatic rings. The fourth-order valence-corrected chi connectivity index (χ4v) is 0.329. The van der Waals surface area contributed by atoms with Crippen LogP contribution in [0.2, 0.25) is 0 Å². The maximum absolute atomic E-state index is 10.4. The predicted octanol–water partition coefficient (Wildman–Crippen LogP) is 1.45. The minimum Gasteiger partial charge on any atom is -0.358 e. The minimum atomic E-state index is 0. The Morgan fingerprint density at radius 2 is 1.90 bits per heavy atom. The van der Waals surface area contributed by atoms with Crippen molar-refractivity contribution < 1.29 is 37.5 Å². The first kappa shape index (κ1) is 16.7. The van der Waals surface area contributed by atoms with Gasteiger partial charge in [-0.25, -0.2) is 0 Å². The molecule has 0 unspecified atom stereocenters. The summed E-state index contributed by atoms with van der Waals surface area (Å²) in [5, 5.41) is 0. The predicted molar refractivity (Wildman–Crippen MR) is 39.7 cm³/mol. The van der Waals surface area contributed by atoms with Crippen LogP contribution < -0.4 is 0 Å². The van der Waals surface area contributed by atoms with Crippen molar-refractivity contribution in [1.29, 1.82) is 0 Å². The Morgan fingerprint density at radius 3 is 2.00 bits per heavy atom. The van der Waals surface area contributed by atoms with Gasteiger partial charge in [-0.15, -0.1) is 0 Å². The summed E-state index contributed by atoms with van der Waals surface area (Å²) >= 11 is 0. The van der Waals surface area contributed by atoms with Gasteiger partial charge < -0.3 is 12.3 Å². The van der Waals surface area contributed by atoms with Gasteiger partial charge in [0.25, 0.3) is 0 Å². The minimum absolute atomic E-state index is 0. The average Bonchev–Trinajstić information content (AvgIpc) is 1.67. The maximum Gasteiger partial charge on any atom is 0.223 e. The molecule has 0 N–H and O–H groups in total. The summed E-state index contributed by atoms with van der Waals surface area (Å²) in [4.78, 5) is 11.9. The quantitative estimate of drug-likeness (QED) is 0.608. The molecule has 0 saturated heterocycles. The number of allylic oxidation sites excluding steroid dienone is 1. The van der Waals surface area contributed by atoms with Gasteiger partial charge in [-0.1, -0.05) is 6.08 Å². The van der Waals surface area contributed by atoms with Crippen molar-refractivity contribution >= 4 is 5.91 Å². The summed E-state index contributed by atoms with van der Waals surface area (Å²) in [6.45, 7) is 3.40. The summed E-state index contributed by atoms with van der Waals surface area (Å²) in [7, 11) is 1.72. The molecular formula is C7H14NOY-. The topological polar surface area (TPSA) is 20.3 Å². The molecule has 0 heterocycles. The van der Waals surface area contributed by atoms with Crippen LogP contribution in [0.4, 0.5) is 0 Å². The Bertz CT molecular complexity index is 112. The second kappa shape index (κ2) is 9.31. The molecule has 0 aromatic carbocycles. The zero-order chi connectivity index (χ0) is 6.57. The fourth-order valence-electron chi connectivity index (χ4n) is 0.329. The third-order valence-corrected chi connectivity index (χ3v) is 0.869. The van der Waals surface area contributed by atoms with Crippen molar-refractivity contribution in [1.82, 2.24) is 4.90 Å². The normalized spacial score (nSPS) is 7.90. The SMILES string of the molecule is C/C=C\N(C)C(C)=O.[CH3-].[Y]. The van der Waals surface area contributed by atoms with Crippen LogP contribution in [0.25, 0.3) is 0 Å². The van der Waals surface area contributed by atoms with Gasteiger partial charge in [-0.3, -0.25) is 4.79 Å². The molecule has 2 nitrogen and oxygen atoms in total. The summed E-state index contributed by atoms with van der Waals surface area (Å²) in [5.74, 6) is 0.0584. The largest absolute Gasteiger partial charge is 0.358 e. The monoisotopic (exact) mass is 217 g/mol. The van der Waals surface area contributed by atoms with Gasteiger partial charge in [0.05, 0.1) is 0 Å². The molecule has 0 bridgehead atoms. The Morgan fingerprint density at radius 1 is 1.50 bits per heavy atom. The number of hydrogen-bond acceptors (Lipinski definition) is 1. The van der Waals surface area contributed by atoms with Crippen LogP contribution in [0.3, 0.4) is 0 Å². The van der Waals surface area contributed by atoms with Crippen LogP contribution in [0.1, 0.15) is 13.8 Å². The number of carbonyl (C=O) groups excluding carboxylic acids is 1. The summed E-state index contributed by atoms with van der Waals surface area (Å²) in [6, 6.07) is 0. The van der Waals surface area contributed by atoms with Gasteiger partial charge in [0.2, 0.25) is 5.91 Å². The van der Waals surface area contributed by atoms with Gasteiger partial charge >= 0.3 is 0 Å². The van der Waals surface area contributed by atoms with E-state index in [1.807, 2.05) is 13.0 Å². The fraction of sp³-hybridized carbons (Fsp3) is 0.429. The van der Waals surface area contributed by atoms with Gasteiger partial charge in [0.15, 0.2) is 0 Å². The molecule has 0 atom stereocenters. The van der Waals surface area contributed by atoms with E-state index in [1.165, 1.54) is 11.8 Å². The molecule has 1 radical (unpaired) electrons. The van der Waals surface area contributed by atoms with Crippen molar-refractivity contribution in [3.8, 4) is 0 Å². The number of rotatable bonds is 1. The Hall–Kier alpha value is 0.314. The van der Waals surface area contributed by atoms with Crippen LogP contribution in [0, 0.1) is 7.43 Å². The first-order valence-electron chi connectivity index (χ1n) is 2.54.